The molecule has 2 N–H and O–H groups in total. The Morgan fingerprint density at radius 2 is 2.00 bits per heavy atom. The van der Waals surface area contributed by atoms with Crippen LogP contribution in [0.4, 0.5) is 10.1 Å². The fraction of sp³-hybridized carbons (Fsp3) is 0.0667. The first kappa shape index (κ1) is 13.8. The van der Waals surface area contributed by atoms with Gasteiger partial charge in [-0.1, -0.05) is 11.2 Å². The van der Waals surface area contributed by atoms with Crippen molar-refractivity contribution in [2.24, 2.45) is 0 Å². The molecule has 2 aromatic carbocycles. The molecule has 4 nitrogen and oxygen atoms in total. The largest absolute Gasteiger partial charge is 0.398 e. The molecule has 3 rings (SSSR count). The Morgan fingerprint density at radius 3 is 2.76 bits per heavy atom. The lowest BCUT2D eigenvalue weighted by atomic mass is 10.1. The van der Waals surface area contributed by atoms with E-state index >= 15 is 0 Å². The average Bonchev–Trinajstić information content (AvgIpc) is 2.94. The maximum absolute atomic E-state index is 13.4. The van der Waals surface area contributed by atoms with Crippen molar-refractivity contribution in [3.63, 3.8) is 0 Å². The predicted octanol–water partition coefficient (Wildman–Crippen LogP) is 4.20. The highest BCUT2D eigenvalue weighted by Crippen LogP contribution is 2.28. The van der Waals surface area contributed by atoms with Crippen LogP contribution in [0, 0.1) is 12.7 Å². The molecule has 1 heterocycles. The third kappa shape index (κ3) is 2.67. The molecule has 21 heavy (non-hydrogen) atoms. The van der Waals surface area contributed by atoms with Crippen molar-refractivity contribution >= 4 is 21.6 Å². The van der Waals surface area contributed by atoms with Crippen LogP contribution in [-0.4, -0.2) is 10.1 Å². The predicted molar refractivity (Wildman–Crippen MR) is 82.0 cm³/mol. The van der Waals surface area contributed by atoms with Crippen molar-refractivity contribution in [3.05, 3.63) is 52.3 Å². The van der Waals surface area contributed by atoms with Crippen molar-refractivity contribution in [2.75, 3.05) is 5.73 Å². The summed E-state index contributed by atoms with van der Waals surface area (Å²) in [4.78, 5) is 4.32. The lowest BCUT2D eigenvalue weighted by Crippen LogP contribution is -1.88. The third-order valence-electron chi connectivity index (χ3n) is 3.11. The molecule has 0 saturated carbocycles. The smallest absolute Gasteiger partial charge is 0.258 e. The van der Waals surface area contributed by atoms with Crippen molar-refractivity contribution < 1.29 is 8.91 Å². The van der Waals surface area contributed by atoms with Crippen LogP contribution in [0.1, 0.15) is 5.56 Å². The fourth-order valence-corrected chi connectivity index (χ4v) is 2.32. The Bertz CT molecular complexity index is 816. The van der Waals surface area contributed by atoms with Crippen LogP contribution in [0.5, 0.6) is 0 Å². The first-order valence-electron chi connectivity index (χ1n) is 6.20. The molecule has 0 atom stereocenters. The van der Waals surface area contributed by atoms with Crippen LogP contribution in [0.2, 0.25) is 0 Å². The molecule has 0 spiro atoms. The second kappa shape index (κ2) is 5.29. The summed E-state index contributed by atoms with van der Waals surface area (Å²) in [6.07, 6.45) is 0. The Kier molecular flexibility index (Phi) is 3.47. The number of hydrogen-bond acceptors (Lipinski definition) is 4. The summed E-state index contributed by atoms with van der Waals surface area (Å²) in [5, 5.41) is 3.92. The van der Waals surface area contributed by atoms with E-state index in [0.717, 1.165) is 15.6 Å². The quantitative estimate of drug-likeness (QED) is 0.705. The van der Waals surface area contributed by atoms with Gasteiger partial charge in [-0.15, -0.1) is 0 Å². The Hall–Kier alpha value is -2.21. The molecule has 106 valence electrons. The van der Waals surface area contributed by atoms with Gasteiger partial charge in [0, 0.05) is 21.3 Å². The van der Waals surface area contributed by atoms with Gasteiger partial charge in [0.25, 0.3) is 5.89 Å². The van der Waals surface area contributed by atoms with E-state index in [9.17, 15) is 4.39 Å². The second-order valence-corrected chi connectivity index (χ2v) is 5.47. The first-order valence-corrected chi connectivity index (χ1v) is 6.99. The van der Waals surface area contributed by atoms with Crippen molar-refractivity contribution in [3.8, 4) is 22.8 Å². The number of hydrogen-bond donors (Lipinski definition) is 1. The molecular weight excluding hydrogens is 337 g/mol. The molecule has 0 aliphatic carbocycles. The van der Waals surface area contributed by atoms with Gasteiger partial charge in [0.15, 0.2) is 0 Å². The topological polar surface area (TPSA) is 64.9 Å². The molecule has 0 aliphatic heterocycles. The number of anilines is 1. The zero-order valence-corrected chi connectivity index (χ0v) is 12.7. The van der Waals surface area contributed by atoms with Crippen LogP contribution >= 0.6 is 15.9 Å². The van der Waals surface area contributed by atoms with E-state index in [2.05, 4.69) is 26.1 Å². The van der Waals surface area contributed by atoms with E-state index in [1.54, 1.807) is 24.3 Å². The zero-order valence-electron chi connectivity index (χ0n) is 11.1. The molecular formula is C15H11BrFN3O. The van der Waals surface area contributed by atoms with Crippen molar-refractivity contribution in [2.45, 2.75) is 6.92 Å². The molecule has 0 radical (unpaired) electrons. The van der Waals surface area contributed by atoms with E-state index in [4.69, 9.17) is 10.3 Å². The van der Waals surface area contributed by atoms with Crippen molar-refractivity contribution in [1.29, 1.82) is 0 Å². The highest BCUT2D eigenvalue weighted by Gasteiger charge is 2.13. The molecule has 0 saturated heterocycles. The van der Waals surface area contributed by atoms with Gasteiger partial charge < -0.3 is 10.3 Å². The molecule has 0 fully saturated rings. The summed E-state index contributed by atoms with van der Waals surface area (Å²) in [6, 6.07) is 9.80. The number of aromatic nitrogens is 2. The number of nitrogen functional groups attached to an aromatic ring is 1. The van der Waals surface area contributed by atoms with E-state index in [1.165, 1.54) is 12.1 Å². The number of nitrogens with two attached hydrogens (primary N) is 1. The molecule has 0 bridgehead atoms. The van der Waals surface area contributed by atoms with Gasteiger partial charge in [-0.3, -0.25) is 0 Å². The van der Waals surface area contributed by atoms with Crippen LogP contribution < -0.4 is 5.73 Å². The lowest BCUT2D eigenvalue weighted by molar-refractivity contribution is 0.432. The minimum atomic E-state index is -0.336. The lowest BCUT2D eigenvalue weighted by Gasteiger charge is -2.00. The normalized spacial score (nSPS) is 10.8. The molecule has 1 aromatic heterocycles. The summed E-state index contributed by atoms with van der Waals surface area (Å²) in [5.41, 5.74) is 8.60. The standard InChI is InChI=1S/C15H11BrFN3O/c1-8-2-4-10(17)7-11(8)14-19-15(21-20-14)9-3-5-13(18)12(16)6-9/h2-7H,18H2,1H3. The molecule has 0 aliphatic rings. The van der Waals surface area contributed by atoms with E-state index in [0.29, 0.717) is 23.0 Å². The highest BCUT2D eigenvalue weighted by molar-refractivity contribution is 9.10. The number of nitrogens with zero attached hydrogens (tertiary/aromatic N) is 2. The second-order valence-electron chi connectivity index (χ2n) is 4.62. The number of benzene rings is 2. The Balaban J connectivity index is 2.03. The number of rotatable bonds is 2. The van der Waals surface area contributed by atoms with Crippen LogP contribution in [-0.2, 0) is 0 Å². The van der Waals surface area contributed by atoms with Gasteiger partial charge in [-0.2, -0.15) is 4.98 Å². The number of aryl methyl sites for hydroxylation is 1. The summed E-state index contributed by atoms with van der Waals surface area (Å²) in [6.45, 7) is 1.87. The molecule has 0 amide bonds. The number of halogens is 2. The first-order chi connectivity index (χ1) is 10.0. The summed E-state index contributed by atoms with van der Waals surface area (Å²) >= 11 is 3.35. The average molecular weight is 348 g/mol. The third-order valence-corrected chi connectivity index (χ3v) is 3.80. The Morgan fingerprint density at radius 1 is 1.19 bits per heavy atom. The SMILES string of the molecule is Cc1ccc(F)cc1-c1noc(-c2ccc(N)c(Br)c2)n1. The summed E-state index contributed by atoms with van der Waals surface area (Å²) in [7, 11) is 0. The van der Waals surface area contributed by atoms with Crippen LogP contribution in [0.3, 0.4) is 0 Å². The van der Waals surface area contributed by atoms with Gasteiger partial charge in [0.1, 0.15) is 5.82 Å². The minimum Gasteiger partial charge on any atom is -0.398 e. The van der Waals surface area contributed by atoms with Crippen LogP contribution in [0.25, 0.3) is 22.8 Å². The zero-order chi connectivity index (χ0) is 15.0. The van der Waals surface area contributed by atoms with Gasteiger partial charge in [-0.05, 0) is 58.7 Å². The van der Waals surface area contributed by atoms with E-state index < -0.39 is 0 Å². The van der Waals surface area contributed by atoms with Gasteiger partial charge in [0.05, 0.1) is 0 Å². The maximum Gasteiger partial charge on any atom is 0.258 e. The Labute approximate surface area is 128 Å². The fourth-order valence-electron chi connectivity index (χ4n) is 1.95. The van der Waals surface area contributed by atoms with E-state index in [1.807, 2.05) is 6.92 Å². The molecule has 6 heteroatoms. The van der Waals surface area contributed by atoms with Crippen molar-refractivity contribution in [1.82, 2.24) is 10.1 Å². The molecule has 3 aromatic rings. The molecule has 0 unspecified atom stereocenters. The maximum atomic E-state index is 13.4. The highest BCUT2D eigenvalue weighted by atomic mass is 79.9. The van der Waals surface area contributed by atoms with Gasteiger partial charge in [0.2, 0.25) is 5.82 Å². The minimum absolute atomic E-state index is 0.336. The van der Waals surface area contributed by atoms with E-state index in [-0.39, 0.29) is 5.82 Å². The monoisotopic (exact) mass is 347 g/mol. The summed E-state index contributed by atoms with van der Waals surface area (Å²) in [5.74, 6) is 0.376. The van der Waals surface area contributed by atoms with Crippen LogP contribution in [0.15, 0.2) is 45.4 Å². The van der Waals surface area contributed by atoms with Gasteiger partial charge in [-0.25, -0.2) is 4.39 Å². The van der Waals surface area contributed by atoms with Gasteiger partial charge >= 0.3 is 0 Å². The summed E-state index contributed by atoms with van der Waals surface area (Å²) < 4.78 is 19.4.